The van der Waals surface area contributed by atoms with Crippen molar-refractivity contribution in [2.75, 3.05) is 25.1 Å². The molecule has 0 atom stereocenters. The van der Waals surface area contributed by atoms with E-state index in [1.54, 1.807) is 6.92 Å². The first-order chi connectivity index (χ1) is 13.7. The second-order valence-electron chi connectivity index (χ2n) is 6.42. The smallest absolute Gasteiger partial charge is 0.311 e. The van der Waals surface area contributed by atoms with E-state index in [2.05, 4.69) is 52.5 Å². The Morgan fingerprint density at radius 1 is 1.32 bits per heavy atom. The van der Waals surface area contributed by atoms with Crippen molar-refractivity contribution in [3.05, 3.63) is 46.5 Å². The van der Waals surface area contributed by atoms with E-state index >= 15 is 0 Å². The van der Waals surface area contributed by atoms with Gasteiger partial charge in [0.05, 0.1) is 24.9 Å². The molecule has 0 unspecified atom stereocenters. The van der Waals surface area contributed by atoms with E-state index in [-0.39, 0.29) is 12.4 Å². The molecule has 0 spiro atoms. The van der Waals surface area contributed by atoms with Gasteiger partial charge in [-0.2, -0.15) is 5.10 Å². The van der Waals surface area contributed by atoms with Crippen LogP contribution in [0.15, 0.2) is 34.7 Å². The maximum atomic E-state index is 11.5. The van der Waals surface area contributed by atoms with Gasteiger partial charge in [-0.3, -0.25) is 15.1 Å². The highest BCUT2D eigenvalue weighted by Gasteiger charge is 2.08. The number of hydrogen-bond acceptors (Lipinski definition) is 7. The lowest BCUT2D eigenvalue weighted by atomic mass is 10.1. The number of aromatic nitrogens is 1. The summed E-state index contributed by atoms with van der Waals surface area (Å²) in [4.78, 5) is 18.3. The molecule has 6 nitrogen and oxygen atoms in total. The Morgan fingerprint density at radius 3 is 2.89 bits per heavy atom. The fourth-order valence-corrected chi connectivity index (χ4v) is 3.39. The second-order valence-corrected chi connectivity index (χ2v) is 7.28. The van der Waals surface area contributed by atoms with E-state index in [0.29, 0.717) is 17.4 Å². The molecule has 1 heterocycles. The van der Waals surface area contributed by atoms with Crippen molar-refractivity contribution in [1.29, 1.82) is 0 Å². The molecule has 0 saturated heterocycles. The van der Waals surface area contributed by atoms with Crippen molar-refractivity contribution < 1.29 is 9.53 Å². The normalized spacial score (nSPS) is 11.3. The van der Waals surface area contributed by atoms with Crippen LogP contribution in [0.1, 0.15) is 50.4 Å². The Labute approximate surface area is 171 Å². The first-order valence-corrected chi connectivity index (χ1v) is 10.7. The number of carbonyl (C=O) groups is 1. The predicted molar refractivity (Wildman–Crippen MR) is 116 cm³/mol. The highest BCUT2D eigenvalue weighted by Crippen LogP contribution is 2.16. The number of nitrogens with one attached hydrogen (secondary N) is 1. The van der Waals surface area contributed by atoms with Gasteiger partial charge in [0.2, 0.25) is 5.13 Å². The quantitative estimate of drug-likeness (QED) is 0.325. The third-order valence-corrected chi connectivity index (χ3v) is 5.07. The Bertz CT molecular complexity index is 760. The Balaban J connectivity index is 1.95. The molecule has 0 saturated carbocycles. The fourth-order valence-electron chi connectivity index (χ4n) is 2.73. The van der Waals surface area contributed by atoms with Crippen LogP contribution in [0.3, 0.4) is 0 Å². The number of hydrogen-bond donors (Lipinski definition) is 1. The number of hydrazone groups is 1. The van der Waals surface area contributed by atoms with Crippen molar-refractivity contribution in [1.82, 2.24) is 9.88 Å². The van der Waals surface area contributed by atoms with Crippen LogP contribution >= 0.6 is 11.3 Å². The summed E-state index contributed by atoms with van der Waals surface area (Å²) >= 11 is 1.42. The Kier molecular flexibility index (Phi) is 9.65. The summed E-state index contributed by atoms with van der Waals surface area (Å²) in [6.45, 7) is 9.65. The zero-order valence-corrected chi connectivity index (χ0v) is 17.8. The molecule has 1 aromatic carbocycles. The summed E-state index contributed by atoms with van der Waals surface area (Å²) in [5.74, 6) is -0.264. The second kappa shape index (κ2) is 12.3. The highest BCUT2D eigenvalue weighted by atomic mass is 32.1. The van der Waals surface area contributed by atoms with E-state index < -0.39 is 0 Å². The molecule has 7 heteroatoms. The number of unbranched alkanes of at least 4 members (excludes halogenated alkanes) is 1. The van der Waals surface area contributed by atoms with E-state index in [0.717, 1.165) is 25.2 Å². The number of benzene rings is 1. The summed E-state index contributed by atoms with van der Waals surface area (Å²) < 4.78 is 4.94. The maximum Gasteiger partial charge on any atom is 0.311 e. The average Bonchev–Trinajstić information content (AvgIpc) is 3.13. The fraction of sp³-hybridized carbons (Fsp3) is 0.476. The molecule has 0 amide bonds. The molecule has 0 bridgehead atoms. The number of thiazole rings is 1. The van der Waals surface area contributed by atoms with Crippen molar-refractivity contribution in [3.63, 3.8) is 0 Å². The van der Waals surface area contributed by atoms with Crippen LogP contribution in [0.2, 0.25) is 0 Å². The average molecular weight is 403 g/mol. The zero-order valence-electron chi connectivity index (χ0n) is 17.0. The number of carbonyl (C=O) groups excluding carboxylic acids is 1. The molecule has 152 valence electrons. The first kappa shape index (κ1) is 22.0. The van der Waals surface area contributed by atoms with E-state index in [1.807, 2.05) is 17.7 Å². The van der Waals surface area contributed by atoms with Gasteiger partial charge in [0.15, 0.2) is 0 Å². The van der Waals surface area contributed by atoms with Gasteiger partial charge in [0, 0.05) is 11.9 Å². The zero-order chi connectivity index (χ0) is 20.2. The molecule has 0 aliphatic heterocycles. The lowest BCUT2D eigenvalue weighted by molar-refractivity contribution is -0.142. The number of ether oxygens (including phenoxy) is 1. The summed E-state index contributed by atoms with van der Waals surface area (Å²) in [6, 6.07) is 8.31. The van der Waals surface area contributed by atoms with Crippen molar-refractivity contribution >= 4 is 28.7 Å². The van der Waals surface area contributed by atoms with E-state index in [1.165, 1.54) is 29.7 Å². The first-order valence-electron chi connectivity index (χ1n) is 9.85. The lowest BCUT2D eigenvalue weighted by Crippen LogP contribution is -2.24. The topological polar surface area (TPSA) is 66.8 Å². The number of esters is 1. The molecule has 2 rings (SSSR count). The molecule has 1 N–H and O–H groups in total. The molecule has 0 radical (unpaired) electrons. The molecule has 0 aliphatic carbocycles. The van der Waals surface area contributed by atoms with Gasteiger partial charge >= 0.3 is 5.97 Å². The van der Waals surface area contributed by atoms with Gasteiger partial charge < -0.3 is 4.74 Å². The molecule has 1 aromatic heterocycles. The van der Waals surface area contributed by atoms with Gasteiger partial charge in [0.1, 0.15) is 0 Å². The predicted octanol–water partition coefficient (Wildman–Crippen LogP) is 4.32. The minimum atomic E-state index is -0.264. The highest BCUT2D eigenvalue weighted by molar-refractivity contribution is 7.13. The van der Waals surface area contributed by atoms with Gasteiger partial charge in [0.25, 0.3) is 0 Å². The lowest BCUT2D eigenvalue weighted by Gasteiger charge is -2.21. The van der Waals surface area contributed by atoms with Crippen molar-refractivity contribution in [2.24, 2.45) is 5.10 Å². The van der Waals surface area contributed by atoms with Gasteiger partial charge in [-0.05, 0) is 37.6 Å². The number of rotatable bonds is 12. The third kappa shape index (κ3) is 7.40. The SMILES string of the molecule is CCCCN(CC)Cc1ccccc1C=NNc1nc(CC(=O)OCC)cs1. The van der Waals surface area contributed by atoms with Gasteiger partial charge in [-0.25, -0.2) is 4.98 Å². The van der Waals surface area contributed by atoms with Crippen molar-refractivity contribution in [3.8, 4) is 0 Å². The molecule has 28 heavy (non-hydrogen) atoms. The van der Waals surface area contributed by atoms with Crippen LogP contribution in [-0.4, -0.2) is 41.8 Å². The molecule has 0 aliphatic rings. The van der Waals surface area contributed by atoms with E-state index in [4.69, 9.17) is 4.74 Å². The minimum Gasteiger partial charge on any atom is -0.466 e. The van der Waals surface area contributed by atoms with Crippen LogP contribution in [-0.2, 0) is 22.5 Å². The summed E-state index contributed by atoms with van der Waals surface area (Å²) in [6.07, 6.45) is 4.43. The summed E-state index contributed by atoms with van der Waals surface area (Å²) in [5.41, 5.74) is 6.00. The van der Waals surface area contributed by atoms with Crippen LogP contribution in [0.5, 0.6) is 0 Å². The van der Waals surface area contributed by atoms with Crippen LogP contribution in [0.25, 0.3) is 0 Å². The van der Waals surface area contributed by atoms with Crippen LogP contribution < -0.4 is 5.43 Å². The summed E-state index contributed by atoms with van der Waals surface area (Å²) in [5, 5.41) is 6.84. The van der Waals surface area contributed by atoms with Gasteiger partial charge in [-0.1, -0.05) is 44.5 Å². The monoisotopic (exact) mass is 402 g/mol. The molecular weight excluding hydrogens is 372 g/mol. The van der Waals surface area contributed by atoms with E-state index in [9.17, 15) is 4.79 Å². The Hall–Kier alpha value is -2.25. The maximum absolute atomic E-state index is 11.5. The van der Waals surface area contributed by atoms with Crippen molar-refractivity contribution in [2.45, 2.75) is 46.6 Å². The minimum absolute atomic E-state index is 0.184. The van der Waals surface area contributed by atoms with Crippen LogP contribution in [0, 0.1) is 0 Å². The largest absolute Gasteiger partial charge is 0.466 e. The molecule has 2 aromatic rings. The summed E-state index contributed by atoms with van der Waals surface area (Å²) in [7, 11) is 0. The van der Waals surface area contributed by atoms with Crippen LogP contribution in [0.4, 0.5) is 5.13 Å². The molecular formula is C21H30N4O2S. The number of anilines is 1. The Morgan fingerprint density at radius 2 is 2.14 bits per heavy atom. The van der Waals surface area contributed by atoms with Gasteiger partial charge in [-0.15, -0.1) is 11.3 Å². The third-order valence-electron chi connectivity index (χ3n) is 4.27. The number of nitrogens with zero attached hydrogens (tertiary/aromatic N) is 3. The standard InChI is InChI=1S/C21H30N4O2S/c1-4-7-12-25(5-2)15-18-11-9-8-10-17(18)14-22-24-21-23-19(16-28-21)13-20(26)27-6-3/h8-11,14,16H,4-7,12-13,15H2,1-3H3,(H,23,24). The molecule has 0 fully saturated rings.